The van der Waals surface area contributed by atoms with Gasteiger partial charge in [0.2, 0.25) is 5.78 Å². The SMILES string of the molecule is CC(C)C#CC(=O)/C=C/C(C)C. The maximum atomic E-state index is 11.0. The van der Waals surface area contributed by atoms with Gasteiger partial charge in [-0.2, -0.15) is 0 Å². The molecule has 0 N–H and O–H groups in total. The molecule has 0 saturated carbocycles. The molecule has 0 aromatic carbocycles. The first-order valence-electron chi connectivity index (χ1n) is 4.26. The zero-order valence-corrected chi connectivity index (χ0v) is 8.22. The number of hydrogen-bond acceptors (Lipinski definition) is 1. The highest BCUT2D eigenvalue weighted by atomic mass is 16.1. The molecule has 0 spiro atoms. The lowest BCUT2D eigenvalue weighted by Crippen LogP contribution is -1.89. The second-order valence-electron chi connectivity index (χ2n) is 3.39. The summed E-state index contributed by atoms with van der Waals surface area (Å²) < 4.78 is 0. The fourth-order valence-corrected chi connectivity index (χ4v) is 0.537. The van der Waals surface area contributed by atoms with Crippen molar-refractivity contribution >= 4 is 5.78 Å². The summed E-state index contributed by atoms with van der Waals surface area (Å²) in [5, 5.41) is 0. The van der Waals surface area contributed by atoms with E-state index in [0.717, 1.165) is 0 Å². The fraction of sp³-hybridized carbons (Fsp3) is 0.545. The van der Waals surface area contributed by atoms with Gasteiger partial charge in [0.1, 0.15) is 0 Å². The summed E-state index contributed by atoms with van der Waals surface area (Å²) in [4.78, 5) is 11.0. The molecule has 0 aliphatic rings. The third kappa shape index (κ3) is 7.08. The molecule has 0 unspecified atom stereocenters. The van der Waals surface area contributed by atoms with E-state index in [-0.39, 0.29) is 11.7 Å². The van der Waals surface area contributed by atoms with Crippen molar-refractivity contribution in [2.45, 2.75) is 27.7 Å². The molecule has 0 radical (unpaired) electrons. The zero-order chi connectivity index (χ0) is 9.56. The van der Waals surface area contributed by atoms with E-state index in [1.165, 1.54) is 0 Å². The second-order valence-corrected chi connectivity index (χ2v) is 3.39. The highest BCUT2D eigenvalue weighted by molar-refractivity contribution is 6.04. The molecular formula is C11H16O. The van der Waals surface area contributed by atoms with Gasteiger partial charge in [0.05, 0.1) is 0 Å². The molecule has 0 aliphatic heterocycles. The van der Waals surface area contributed by atoms with E-state index in [2.05, 4.69) is 11.8 Å². The van der Waals surface area contributed by atoms with Crippen LogP contribution in [0.15, 0.2) is 12.2 Å². The van der Waals surface area contributed by atoms with E-state index in [4.69, 9.17) is 0 Å². The van der Waals surface area contributed by atoms with E-state index in [0.29, 0.717) is 5.92 Å². The molecule has 0 aromatic heterocycles. The molecule has 0 atom stereocenters. The first-order chi connectivity index (χ1) is 5.52. The van der Waals surface area contributed by atoms with Gasteiger partial charge in [0.25, 0.3) is 0 Å². The Bertz CT molecular complexity index is 223. The Kier molecular flexibility index (Phi) is 5.12. The average Bonchev–Trinajstić information content (AvgIpc) is 1.96. The number of ketones is 1. The van der Waals surface area contributed by atoms with Gasteiger partial charge in [-0.05, 0) is 17.9 Å². The molecule has 0 bridgehead atoms. The number of allylic oxidation sites excluding steroid dienone is 2. The van der Waals surface area contributed by atoms with Crippen molar-refractivity contribution in [3.05, 3.63) is 12.2 Å². The zero-order valence-electron chi connectivity index (χ0n) is 8.22. The number of rotatable bonds is 2. The Morgan fingerprint density at radius 1 is 1.25 bits per heavy atom. The first-order valence-corrected chi connectivity index (χ1v) is 4.26. The van der Waals surface area contributed by atoms with Crippen molar-refractivity contribution in [2.75, 3.05) is 0 Å². The maximum Gasteiger partial charge on any atom is 0.228 e. The van der Waals surface area contributed by atoms with Crippen molar-refractivity contribution in [3.8, 4) is 11.8 Å². The van der Waals surface area contributed by atoms with Gasteiger partial charge < -0.3 is 0 Å². The fourth-order valence-electron chi connectivity index (χ4n) is 0.537. The molecule has 12 heavy (non-hydrogen) atoms. The van der Waals surface area contributed by atoms with E-state index in [9.17, 15) is 4.79 Å². The van der Waals surface area contributed by atoms with Crippen LogP contribution in [0.25, 0.3) is 0 Å². The summed E-state index contributed by atoms with van der Waals surface area (Å²) in [5.74, 6) is 5.96. The quantitative estimate of drug-likeness (QED) is 0.348. The summed E-state index contributed by atoms with van der Waals surface area (Å²) in [6.45, 7) is 7.98. The minimum absolute atomic E-state index is 0.0996. The summed E-state index contributed by atoms with van der Waals surface area (Å²) in [7, 11) is 0. The average molecular weight is 164 g/mol. The molecule has 0 rings (SSSR count). The standard InChI is InChI=1S/C11H16O/c1-9(2)5-7-11(12)8-6-10(3)4/h5,7,9-10H,1-4H3/b7-5+. The Morgan fingerprint density at radius 2 is 1.83 bits per heavy atom. The molecule has 0 aromatic rings. The normalized spacial score (nSPS) is 10.5. The molecule has 66 valence electrons. The van der Waals surface area contributed by atoms with E-state index >= 15 is 0 Å². The Balaban J connectivity index is 4.01. The lowest BCUT2D eigenvalue weighted by molar-refractivity contribution is -0.109. The van der Waals surface area contributed by atoms with Gasteiger partial charge in [-0.25, -0.2) is 0 Å². The van der Waals surface area contributed by atoms with Crippen LogP contribution in [0.5, 0.6) is 0 Å². The van der Waals surface area contributed by atoms with Gasteiger partial charge in [-0.15, -0.1) is 0 Å². The molecular weight excluding hydrogens is 148 g/mol. The Labute approximate surface area is 74.9 Å². The number of hydrogen-bond donors (Lipinski definition) is 0. The summed E-state index contributed by atoms with van der Waals surface area (Å²) >= 11 is 0. The molecule has 0 aliphatic carbocycles. The van der Waals surface area contributed by atoms with Crippen LogP contribution in [-0.4, -0.2) is 5.78 Å². The number of carbonyl (C=O) groups is 1. The van der Waals surface area contributed by atoms with Crippen LogP contribution in [-0.2, 0) is 4.79 Å². The Morgan fingerprint density at radius 3 is 2.25 bits per heavy atom. The molecule has 0 heterocycles. The van der Waals surface area contributed by atoms with Crippen LogP contribution in [0, 0.1) is 23.7 Å². The van der Waals surface area contributed by atoms with Crippen LogP contribution in [0.4, 0.5) is 0 Å². The summed E-state index contributed by atoms with van der Waals surface area (Å²) in [6, 6.07) is 0. The maximum absolute atomic E-state index is 11.0. The van der Waals surface area contributed by atoms with Crippen LogP contribution in [0.3, 0.4) is 0 Å². The third-order valence-corrected chi connectivity index (χ3v) is 1.12. The van der Waals surface area contributed by atoms with Crippen molar-refractivity contribution in [3.63, 3.8) is 0 Å². The molecule has 0 fully saturated rings. The minimum Gasteiger partial charge on any atom is -0.280 e. The van der Waals surface area contributed by atoms with Gasteiger partial charge >= 0.3 is 0 Å². The van der Waals surface area contributed by atoms with Gasteiger partial charge in [-0.1, -0.05) is 39.7 Å². The van der Waals surface area contributed by atoms with E-state index < -0.39 is 0 Å². The van der Waals surface area contributed by atoms with Crippen LogP contribution in [0.1, 0.15) is 27.7 Å². The van der Waals surface area contributed by atoms with Crippen molar-refractivity contribution in [1.29, 1.82) is 0 Å². The van der Waals surface area contributed by atoms with Gasteiger partial charge in [-0.3, -0.25) is 4.79 Å². The van der Waals surface area contributed by atoms with Crippen LogP contribution in [0.2, 0.25) is 0 Å². The van der Waals surface area contributed by atoms with Crippen molar-refractivity contribution < 1.29 is 4.79 Å². The van der Waals surface area contributed by atoms with Crippen LogP contribution >= 0.6 is 0 Å². The van der Waals surface area contributed by atoms with Crippen molar-refractivity contribution in [1.82, 2.24) is 0 Å². The number of carbonyl (C=O) groups excluding carboxylic acids is 1. The largest absolute Gasteiger partial charge is 0.280 e. The van der Waals surface area contributed by atoms with E-state index in [1.807, 2.05) is 33.8 Å². The summed E-state index contributed by atoms with van der Waals surface area (Å²) in [5.41, 5.74) is 0. The molecule has 1 heteroatoms. The lowest BCUT2D eigenvalue weighted by Gasteiger charge is -1.89. The van der Waals surface area contributed by atoms with Crippen molar-refractivity contribution in [2.24, 2.45) is 11.8 Å². The summed E-state index contributed by atoms with van der Waals surface area (Å²) in [6.07, 6.45) is 3.40. The molecule has 0 amide bonds. The topological polar surface area (TPSA) is 17.1 Å². The monoisotopic (exact) mass is 164 g/mol. The third-order valence-electron chi connectivity index (χ3n) is 1.12. The predicted molar refractivity (Wildman–Crippen MR) is 51.6 cm³/mol. The lowest BCUT2D eigenvalue weighted by atomic mass is 10.2. The van der Waals surface area contributed by atoms with Crippen LogP contribution < -0.4 is 0 Å². The highest BCUT2D eigenvalue weighted by Gasteiger charge is 1.90. The van der Waals surface area contributed by atoms with E-state index in [1.54, 1.807) is 6.08 Å². The molecule has 1 nitrogen and oxygen atoms in total. The Hall–Kier alpha value is -1.03. The van der Waals surface area contributed by atoms with Gasteiger partial charge in [0.15, 0.2) is 0 Å². The molecule has 0 saturated heterocycles. The predicted octanol–water partition coefficient (Wildman–Crippen LogP) is 2.43. The minimum atomic E-state index is -0.0996. The first kappa shape index (κ1) is 11.0. The highest BCUT2D eigenvalue weighted by Crippen LogP contribution is 1.93. The van der Waals surface area contributed by atoms with Gasteiger partial charge in [0, 0.05) is 5.92 Å². The second kappa shape index (κ2) is 5.60. The smallest absolute Gasteiger partial charge is 0.228 e.